The summed E-state index contributed by atoms with van der Waals surface area (Å²) in [5.74, 6) is -0.0952. The SMILES string of the molecule is CC(Sc1ncccn1)C(=O)Nc1ccc(N)cc1. The van der Waals surface area contributed by atoms with E-state index in [0.717, 1.165) is 5.69 Å². The predicted octanol–water partition coefficient (Wildman–Crippen LogP) is 2.18. The maximum atomic E-state index is 12.0. The minimum atomic E-state index is -0.278. The Hall–Kier alpha value is -2.08. The standard InChI is InChI=1S/C13H14N4OS/c1-9(19-13-15-7-2-8-16-13)12(18)17-11-5-3-10(14)4-6-11/h2-9H,14H2,1H3,(H,17,18). The first-order valence-electron chi connectivity index (χ1n) is 5.75. The van der Waals surface area contributed by atoms with Crippen molar-refractivity contribution in [3.05, 3.63) is 42.7 Å². The Labute approximate surface area is 115 Å². The molecule has 1 atom stereocenters. The van der Waals surface area contributed by atoms with Gasteiger partial charge in [-0.1, -0.05) is 11.8 Å². The number of anilines is 2. The quantitative estimate of drug-likeness (QED) is 0.507. The van der Waals surface area contributed by atoms with Gasteiger partial charge in [-0.3, -0.25) is 4.79 Å². The molecule has 1 heterocycles. The zero-order valence-electron chi connectivity index (χ0n) is 10.4. The molecule has 0 spiro atoms. The van der Waals surface area contributed by atoms with E-state index in [1.54, 1.807) is 42.7 Å². The summed E-state index contributed by atoms with van der Waals surface area (Å²) >= 11 is 1.32. The van der Waals surface area contributed by atoms with E-state index >= 15 is 0 Å². The number of rotatable bonds is 4. The van der Waals surface area contributed by atoms with E-state index < -0.39 is 0 Å². The summed E-state index contributed by atoms with van der Waals surface area (Å²) in [6, 6.07) is 8.76. The molecule has 0 radical (unpaired) electrons. The fraction of sp³-hybridized carbons (Fsp3) is 0.154. The van der Waals surface area contributed by atoms with Crippen LogP contribution < -0.4 is 11.1 Å². The number of thioether (sulfide) groups is 1. The monoisotopic (exact) mass is 274 g/mol. The number of amides is 1. The van der Waals surface area contributed by atoms with Crippen LogP contribution in [0, 0.1) is 0 Å². The van der Waals surface area contributed by atoms with Crippen LogP contribution in [-0.2, 0) is 4.79 Å². The summed E-state index contributed by atoms with van der Waals surface area (Å²) < 4.78 is 0. The molecular formula is C13H14N4OS. The third kappa shape index (κ3) is 3.96. The Kier molecular flexibility index (Phi) is 4.35. The summed E-state index contributed by atoms with van der Waals surface area (Å²) in [4.78, 5) is 20.1. The molecule has 19 heavy (non-hydrogen) atoms. The first kappa shape index (κ1) is 13.4. The van der Waals surface area contributed by atoms with Crippen molar-refractivity contribution in [2.24, 2.45) is 0 Å². The molecular weight excluding hydrogens is 260 g/mol. The van der Waals surface area contributed by atoms with Crippen LogP contribution in [0.5, 0.6) is 0 Å². The van der Waals surface area contributed by atoms with Crippen LogP contribution in [0.1, 0.15) is 6.92 Å². The second-order valence-corrected chi connectivity index (χ2v) is 5.21. The number of nitrogens with two attached hydrogens (primary N) is 1. The summed E-state index contributed by atoms with van der Waals surface area (Å²) in [5.41, 5.74) is 6.97. The van der Waals surface area contributed by atoms with Crippen molar-refractivity contribution in [2.75, 3.05) is 11.1 Å². The van der Waals surface area contributed by atoms with E-state index in [2.05, 4.69) is 15.3 Å². The number of nitrogens with one attached hydrogen (secondary N) is 1. The fourth-order valence-corrected chi connectivity index (χ4v) is 2.09. The second kappa shape index (κ2) is 6.19. The zero-order chi connectivity index (χ0) is 13.7. The fourth-order valence-electron chi connectivity index (χ4n) is 1.37. The van der Waals surface area contributed by atoms with Crippen molar-refractivity contribution in [3.8, 4) is 0 Å². The number of benzene rings is 1. The molecule has 0 aliphatic heterocycles. The van der Waals surface area contributed by atoms with Crippen molar-refractivity contribution in [1.29, 1.82) is 0 Å². The van der Waals surface area contributed by atoms with Gasteiger partial charge < -0.3 is 11.1 Å². The van der Waals surface area contributed by atoms with Crippen molar-refractivity contribution < 1.29 is 4.79 Å². The number of nitrogens with zero attached hydrogens (tertiary/aromatic N) is 2. The maximum absolute atomic E-state index is 12.0. The number of nitrogen functional groups attached to an aromatic ring is 1. The van der Waals surface area contributed by atoms with E-state index in [-0.39, 0.29) is 11.2 Å². The van der Waals surface area contributed by atoms with Gasteiger partial charge >= 0.3 is 0 Å². The highest BCUT2D eigenvalue weighted by Gasteiger charge is 2.15. The molecule has 1 aromatic carbocycles. The average Bonchev–Trinajstić information content (AvgIpc) is 2.42. The average molecular weight is 274 g/mol. The molecule has 0 aliphatic rings. The van der Waals surface area contributed by atoms with Crippen LogP contribution in [0.4, 0.5) is 11.4 Å². The van der Waals surface area contributed by atoms with Gasteiger partial charge in [0.05, 0.1) is 5.25 Å². The third-order valence-corrected chi connectivity index (χ3v) is 3.36. The molecule has 2 rings (SSSR count). The number of hydrogen-bond donors (Lipinski definition) is 2. The highest BCUT2D eigenvalue weighted by Crippen LogP contribution is 2.20. The molecule has 5 nitrogen and oxygen atoms in total. The van der Waals surface area contributed by atoms with E-state index in [9.17, 15) is 4.79 Å². The van der Waals surface area contributed by atoms with Crippen LogP contribution in [0.25, 0.3) is 0 Å². The minimum Gasteiger partial charge on any atom is -0.399 e. The van der Waals surface area contributed by atoms with E-state index in [1.807, 2.05) is 6.92 Å². The summed E-state index contributed by atoms with van der Waals surface area (Å²) in [7, 11) is 0. The number of aromatic nitrogens is 2. The van der Waals surface area contributed by atoms with Gasteiger partial charge in [-0.15, -0.1) is 0 Å². The van der Waals surface area contributed by atoms with Crippen molar-refractivity contribution in [1.82, 2.24) is 9.97 Å². The highest BCUT2D eigenvalue weighted by molar-refractivity contribution is 8.00. The molecule has 0 saturated heterocycles. The lowest BCUT2D eigenvalue weighted by atomic mass is 10.3. The molecule has 0 aliphatic carbocycles. The Morgan fingerprint density at radius 1 is 1.26 bits per heavy atom. The zero-order valence-corrected chi connectivity index (χ0v) is 11.2. The van der Waals surface area contributed by atoms with Crippen LogP contribution in [0.15, 0.2) is 47.9 Å². The van der Waals surface area contributed by atoms with Crippen LogP contribution in [0.2, 0.25) is 0 Å². The third-order valence-electron chi connectivity index (χ3n) is 2.37. The molecule has 3 N–H and O–H groups in total. The van der Waals surface area contributed by atoms with Gasteiger partial charge in [0.25, 0.3) is 0 Å². The van der Waals surface area contributed by atoms with Crippen molar-refractivity contribution in [3.63, 3.8) is 0 Å². The Morgan fingerprint density at radius 2 is 1.89 bits per heavy atom. The minimum absolute atomic E-state index is 0.0952. The van der Waals surface area contributed by atoms with E-state index in [1.165, 1.54) is 11.8 Å². The van der Waals surface area contributed by atoms with Gasteiger partial charge in [-0.05, 0) is 37.3 Å². The number of carbonyl (C=O) groups excluding carboxylic acids is 1. The van der Waals surface area contributed by atoms with Crippen molar-refractivity contribution >= 4 is 29.0 Å². The predicted molar refractivity (Wildman–Crippen MR) is 76.8 cm³/mol. The largest absolute Gasteiger partial charge is 0.399 e. The molecule has 98 valence electrons. The second-order valence-electron chi connectivity index (χ2n) is 3.90. The molecule has 0 saturated carbocycles. The molecule has 1 unspecified atom stereocenters. The smallest absolute Gasteiger partial charge is 0.237 e. The first-order chi connectivity index (χ1) is 9.15. The molecule has 1 aromatic heterocycles. The van der Waals surface area contributed by atoms with Crippen LogP contribution in [0.3, 0.4) is 0 Å². The van der Waals surface area contributed by atoms with Gasteiger partial charge in [0.15, 0.2) is 5.16 Å². The topological polar surface area (TPSA) is 80.9 Å². The summed E-state index contributed by atoms with van der Waals surface area (Å²) in [5, 5.41) is 3.13. The molecule has 0 fully saturated rings. The molecule has 2 aromatic rings. The van der Waals surface area contributed by atoms with Crippen molar-refractivity contribution in [2.45, 2.75) is 17.3 Å². The Morgan fingerprint density at radius 3 is 2.53 bits per heavy atom. The lowest BCUT2D eigenvalue weighted by Crippen LogP contribution is -2.22. The van der Waals surface area contributed by atoms with Crippen LogP contribution >= 0.6 is 11.8 Å². The maximum Gasteiger partial charge on any atom is 0.237 e. The van der Waals surface area contributed by atoms with Gasteiger partial charge in [-0.2, -0.15) is 0 Å². The lowest BCUT2D eigenvalue weighted by Gasteiger charge is -2.10. The molecule has 1 amide bonds. The van der Waals surface area contributed by atoms with Gasteiger partial charge in [0, 0.05) is 23.8 Å². The number of hydrogen-bond acceptors (Lipinski definition) is 5. The lowest BCUT2D eigenvalue weighted by molar-refractivity contribution is -0.115. The Balaban J connectivity index is 1.94. The van der Waals surface area contributed by atoms with Crippen LogP contribution in [-0.4, -0.2) is 21.1 Å². The summed E-state index contributed by atoms with van der Waals surface area (Å²) in [6.45, 7) is 1.81. The number of carbonyl (C=O) groups is 1. The summed E-state index contributed by atoms with van der Waals surface area (Å²) in [6.07, 6.45) is 3.31. The normalized spacial score (nSPS) is 11.8. The molecule has 6 heteroatoms. The van der Waals surface area contributed by atoms with E-state index in [4.69, 9.17) is 5.73 Å². The molecule has 0 bridgehead atoms. The van der Waals surface area contributed by atoms with Gasteiger partial charge in [0.1, 0.15) is 0 Å². The Bertz CT molecular complexity index is 544. The van der Waals surface area contributed by atoms with E-state index in [0.29, 0.717) is 10.8 Å². The highest BCUT2D eigenvalue weighted by atomic mass is 32.2. The first-order valence-corrected chi connectivity index (χ1v) is 6.63. The van der Waals surface area contributed by atoms with Gasteiger partial charge in [-0.25, -0.2) is 9.97 Å². The van der Waals surface area contributed by atoms with Gasteiger partial charge in [0.2, 0.25) is 5.91 Å².